The number of benzene rings is 1. The quantitative estimate of drug-likeness (QED) is 0.438. The molecule has 0 spiro atoms. The lowest BCUT2D eigenvalue weighted by atomic mass is 9.97. The van der Waals surface area contributed by atoms with E-state index >= 15 is 0 Å². The molecule has 9 heteroatoms. The van der Waals surface area contributed by atoms with Gasteiger partial charge < -0.3 is 9.64 Å². The summed E-state index contributed by atoms with van der Waals surface area (Å²) in [6.45, 7) is 5.60. The zero-order chi connectivity index (χ0) is 22.4. The van der Waals surface area contributed by atoms with Crippen molar-refractivity contribution in [1.29, 1.82) is 0 Å². The minimum absolute atomic E-state index is 0.0551. The number of aromatic nitrogens is 3. The molecule has 32 heavy (non-hydrogen) atoms. The number of ketones is 1. The molecule has 3 aromatic rings. The molecule has 1 aromatic carbocycles. The molecule has 1 aliphatic heterocycles. The number of carbonyl (C=O) groups excluding carboxylic acids is 2. The lowest BCUT2D eigenvalue weighted by Crippen LogP contribution is -2.39. The molecule has 0 saturated heterocycles. The molecule has 0 fully saturated rings. The van der Waals surface area contributed by atoms with Crippen LogP contribution in [-0.4, -0.2) is 39.8 Å². The highest BCUT2D eigenvalue weighted by Gasteiger charge is 2.28. The smallest absolute Gasteiger partial charge is 0.279 e. The number of anilines is 1. The van der Waals surface area contributed by atoms with Crippen LogP contribution >= 0.6 is 11.3 Å². The van der Waals surface area contributed by atoms with E-state index in [1.165, 1.54) is 25.8 Å². The molecule has 0 radical (unpaired) electrons. The zero-order valence-electron chi connectivity index (χ0n) is 17.7. The van der Waals surface area contributed by atoms with E-state index in [4.69, 9.17) is 4.74 Å². The Morgan fingerprint density at radius 3 is 2.94 bits per heavy atom. The molecule has 1 atom stereocenters. The van der Waals surface area contributed by atoms with Gasteiger partial charge in [-0.25, -0.2) is 0 Å². The number of thiophene rings is 1. The van der Waals surface area contributed by atoms with Gasteiger partial charge in [-0.2, -0.15) is 4.68 Å². The Kier molecular flexibility index (Phi) is 5.13. The summed E-state index contributed by atoms with van der Waals surface area (Å²) in [5, 5.41) is 8.94. The first kappa shape index (κ1) is 20.6. The Bertz CT molecular complexity index is 1330. The molecule has 0 bridgehead atoms. The molecular weight excluding hydrogens is 428 g/mol. The lowest BCUT2D eigenvalue weighted by molar-refractivity contribution is -0.121. The fourth-order valence-corrected chi connectivity index (χ4v) is 5.57. The van der Waals surface area contributed by atoms with Crippen molar-refractivity contribution < 1.29 is 14.3 Å². The van der Waals surface area contributed by atoms with E-state index < -0.39 is 6.04 Å². The number of carbonyl (C=O) groups is 2. The molecule has 1 amide bonds. The molecule has 5 rings (SSSR count). The molecule has 164 valence electrons. The standard InChI is InChI=1S/C23H22N4O4S/c1-3-10-26-16-11-14(8-9-17(16)31-12-19(26)28)21(29)13(2)27-23(30)20-15-6-4-5-7-18(15)32-22(20)24-25-27/h3,8-9,11,13H,1,4-7,10,12H2,2H3. The third-order valence-corrected chi connectivity index (χ3v) is 7.23. The van der Waals surface area contributed by atoms with Crippen molar-refractivity contribution in [3.63, 3.8) is 0 Å². The predicted octanol–water partition coefficient (Wildman–Crippen LogP) is 3.09. The minimum Gasteiger partial charge on any atom is -0.482 e. The van der Waals surface area contributed by atoms with Gasteiger partial charge in [-0.05, 0) is 56.4 Å². The second-order valence-corrected chi connectivity index (χ2v) is 9.12. The van der Waals surface area contributed by atoms with Crippen molar-refractivity contribution in [2.45, 2.75) is 38.6 Å². The van der Waals surface area contributed by atoms with Crippen LogP contribution in [-0.2, 0) is 17.6 Å². The highest BCUT2D eigenvalue weighted by Crippen LogP contribution is 2.35. The van der Waals surface area contributed by atoms with Gasteiger partial charge in [0.1, 0.15) is 11.8 Å². The summed E-state index contributed by atoms with van der Waals surface area (Å²) >= 11 is 1.53. The molecule has 1 aliphatic carbocycles. The Morgan fingerprint density at radius 2 is 2.12 bits per heavy atom. The monoisotopic (exact) mass is 450 g/mol. The van der Waals surface area contributed by atoms with Gasteiger partial charge in [-0.3, -0.25) is 14.4 Å². The normalized spacial score (nSPS) is 16.3. The SMILES string of the molecule is C=CCN1C(=O)COc2ccc(C(=O)C(C)n3nnc4sc5c(c4c3=O)CCCC5)cc21. The van der Waals surface area contributed by atoms with Gasteiger partial charge in [-0.1, -0.05) is 11.3 Å². The Morgan fingerprint density at radius 1 is 1.31 bits per heavy atom. The van der Waals surface area contributed by atoms with Crippen LogP contribution in [0.4, 0.5) is 5.69 Å². The maximum Gasteiger partial charge on any atom is 0.279 e. The summed E-state index contributed by atoms with van der Waals surface area (Å²) in [6, 6.07) is 4.09. The number of amides is 1. The number of nitrogens with zero attached hydrogens (tertiary/aromatic N) is 4. The van der Waals surface area contributed by atoms with Crippen LogP contribution in [0.1, 0.15) is 46.6 Å². The highest BCUT2D eigenvalue weighted by molar-refractivity contribution is 7.18. The van der Waals surface area contributed by atoms with Crippen LogP contribution in [0.5, 0.6) is 5.75 Å². The largest absolute Gasteiger partial charge is 0.482 e. The fraction of sp³-hybridized carbons (Fsp3) is 0.348. The Labute approximate surface area is 188 Å². The van der Waals surface area contributed by atoms with Crippen LogP contribution in [0.25, 0.3) is 10.2 Å². The van der Waals surface area contributed by atoms with E-state index in [-0.39, 0.29) is 23.9 Å². The van der Waals surface area contributed by atoms with Crippen molar-refractivity contribution >= 4 is 38.9 Å². The second kappa shape index (κ2) is 7.98. The summed E-state index contributed by atoms with van der Waals surface area (Å²) in [5.74, 6) is 0.0352. The molecule has 3 heterocycles. The van der Waals surface area contributed by atoms with Crippen LogP contribution in [0, 0.1) is 0 Å². The summed E-state index contributed by atoms with van der Waals surface area (Å²) in [4.78, 5) is 42.2. The summed E-state index contributed by atoms with van der Waals surface area (Å²) in [5.41, 5.74) is 1.67. The van der Waals surface area contributed by atoms with Gasteiger partial charge in [0.05, 0.1) is 11.1 Å². The van der Waals surface area contributed by atoms with Crippen molar-refractivity contribution in [3.05, 3.63) is 57.2 Å². The molecule has 8 nitrogen and oxygen atoms in total. The molecule has 0 saturated carbocycles. The summed E-state index contributed by atoms with van der Waals surface area (Å²) in [7, 11) is 0. The van der Waals surface area contributed by atoms with E-state index in [0.717, 1.165) is 31.2 Å². The van der Waals surface area contributed by atoms with E-state index in [1.807, 2.05) is 0 Å². The van der Waals surface area contributed by atoms with Crippen LogP contribution in [0.15, 0.2) is 35.6 Å². The minimum atomic E-state index is -0.843. The van der Waals surface area contributed by atoms with Gasteiger partial charge in [0, 0.05) is 17.0 Å². The number of Topliss-reactive ketones (excluding diaryl/α,β-unsaturated/α-hetero) is 1. The van der Waals surface area contributed by atoms with Gasteiger partial charge >= 0.3 is 0 Å². The number of aryl methyl sites for hydroxylation is 2. The van der Waals surface area contributed by atoms with Crippen LogP contribution in [0.3, 0.4) is 0 Å². The van der Waals surface area contributed by atoms with E-state index in [9.17, 15) is 14.4 Å². The second-order valence-electron chi connectivity index (χ2n) is 8.03. The molecule has 1 unspecified atom stereocenters. The fourth-order valence-electron chi connectivity index (χ4n) is 4.38. The third-order valence-electron chi connectivity index (χ3n) is 6.05. The molecule has 0 N–H and O–H groups in total. The van der Waals surface area contributed by atoms with Gasteiger partial charge in [0.15, 0.2) is 17.2 Å². The van der Waals surface area contributed by atoms with E-state index in [2.05, 4.69) is 16.9 Å². The molecular formula is C23H22N4O4S. The average molecular weight is 451 g/mol. The lowest BCUT2D eigenvalue weighted by Gasteiger charge is -2.29. The van der Waals surface area contributed by atoms with Gasteiger partial charge in [0.25, 0.3) is 11.5 Å². The first-order valence-electron chi connectivity index (χ1n) is 10.6. The maximum atomic E-state index is 13.3. The third kappa shape index (κ3) is 3.24. The van der Waals surface area contributed by atoms with Crippen molar-refractivity contribution in [2.75, 3.05) is 18.1 Å². The van der Waals surface area contributed by atoms with E-state index in [0.29, 0.717) is 33.8 Å². The first-order chi connectivity index (χ1) is 15.5. The number of hydrogen-bond donors (Lipinski definition) is 0. The Balaban J connectivity index is 1.52. The molecule has 2 aliphatic rings. The Hall–Kier alpha value is -3.33. The summed E-state index contributed by atoms with van der Waals surface area (Å²) < 4.78 is 6.67. The van der Waals surface area contributed by atoms with Crippen LogP contribution in [0.2, 0.25) is 0 Å². The number of fused-ring (bicyclic) bond motifs is 4. The number of ether oxygens (including phenoxy) is 1. The maximum absolute atomic E-state index is 13.3. The van der Waals surface area contributed by atoms with E-state index in [1.54, 1.807) is 31.2 Å². The van der Waals surface area contributed by atoms with Crippen molar-refractivity contribution in [2.24, 2.45) is 0 Å². The van der Waals surface area contributed by atoms with Crippen molar-refractivity contribution in [1.82, 2.24) is 15.0 Å². The molecule has 2 aromatic heterocycles. The first-order valence-corrected chi connectivity index (χ1v) is 11.4. The van der Waals surface area contributed by atoms with Crippen LogP contribution < -0.4 is 15.2 Å². The number of rotatable bonds is 5. The zero-order valence-corrected chi connectivity index (χ0v) is 18.5. The average Bonchev–Trinajstić information content (AvgIpc) is 3.19. The van der Waals surface area contributed by atoms with Gasteiger partial charge in [-0.15, -0.1) is 23.0 Å². The van der Waals surface area contributed by atoms with Crippen molar-refractivity contribution in [3.8, 4) is 5.75 Å². The van der Waals surface area contributed by atoms with Gasteiger partial charge in [0.2, 0.25) is 0 Å². The number of hydrogen-bond acceptors (Lipinski definition) is 7. The predicted molar refractivity (Wildman–Crippen MR) is 122 cm³/mol. The highest BCUT2D eigenvalue weighted by atomic mass is 32.1. The summed E-state index contributed by atoms with van der Waals surface area (Å²) in [6.07, 6.45) is 5.60. The topological polar surface area (TPSA) is 94.4 Å².